The van der Waals surface area contributed by atoms with Crippen molar-refractivity contribution in [2.75, 3.05) is 18.0 Å². The molecule has 0 amide bonds. The molecule has 3 rings (SSSR count). The number of hydrogen-bond acceptors (Lipinski definition) is 8. The summed E-state index contributed by atoms with van der Waals surface area (Å²) >= 11 is 0. The van der Waals surface area contributed by atoms with Crippen molar-refractivity contribution < 1.29 is 19.0 Å². The number of aromatic nitrogens is 2. The zero-order valence-electron chi connectivity index (χ0n) is 13.8. The first kappa shape index (κ1) is 16.9. The van der Waals surface area contributed by atoms with Gasteiger partial charge in [-0.05, 0) is 25.8 Å². The van der Waals surface area contributed by atoms with Crippen molar-refractivity contribution in [1.82, 2.24) is 10.1 Å². The fourth-order valence-corrected chi connectivity index (χ4v) is 2.89. The van der Waals surface area contributed by atoms with Crippen molar-refractivity contribution in [3.63, 3.8) is 0 Å². The van der Waals surface area contributed by atoms with E-state index < -0.39 is 0 Å². The van der Waals surface area contributed by atoms with Crippen molar-refractivity contribution in [2.24, 2.45) is 5.92 Å². The Morgan fingerprint density at radius 1 is 1.40 bits per heavy atom. The van der Waals surface area contributed by atoms with Gasteiger partial charge in [0.2, 0.25) is 0 Å². The Morgan fingerprint density at radius 3 is 2.76 bits per heavy atom. The number of esters is 1. The van der Waals surface area contributed by atoms with Gasteiger partial charge in [0.25, 0.3) is 11.6 Å². The van der Waals surface area contributed by atoms with Gasteiger partial charge >= 0.3 is 5.97 Å². The van der Waals surface area contributed by atoms with Crippen molar-refractivity contribution in [1.29, 1.82) is 0 Å². The number of para-hydroxylation sites is 2. The first-order chi connectivity index (χ1) is 12.0. The smallest absolute Gasteiger partial charge is 0.309 e. The Hall–Kier alpha value is -2.97. The molecule has 1 saturated heterocycles. The number of aryl methyl sites for hydroxylation is 1. The summed E-state index contributed by atoms with van der Waals surface area (Å²) in [6.07, 6.45) is 1.15. The molecule has 9 heteroatoms. The standard InChI is InChI=1S/C16H18N4O5/c1-11-17-15(25-18-11)10-24-16(21)12-6-8-19(9-7-12)13-4-2-3-5-14(13)20(22)23/h2-5,12H,6-10H2,1H3. The van der Waals surface area contributed by atoms with Gasteiger partial charge in [0.05, 0.1) is 10.8 Å². The number of rotatable bonds is 5. The third kappa shape index (κ3) is 3.93. The molecule has 9 nitrogen and oxygen atoms in total. The van der Waals surface area contributed by atoms with Crippen molar-refractivity contribution in [3.8, 4) is 0 Å². The maximum Gasteiger partial charge on any atom is 0.309 e. The number of nitrogens with zero attached hydrogens (tertiary/aromatic N) is 4. The van der Waals surface area contributed by atoms with Crippen LogP contribution >= 0.6 is 0 Å². The molecule has 25 heavy (non-hydrogen) atoms. The van der Waals surface area contributed by atoms with Gasteiger partial charge in [-0.2, -0.15) is 4.98 Å². The molecule has 1 aromatic heterocycles. The molecule has 1 fully saturated rings. The monoisotopic (exact) mass is 346 g/mol. The summed E-state index contributed by atoms with van der Waals surface area (Å²) < 4.78 is 10.1. The quantitative estimate of drug-likeness (QED) is 0.460. The average molecular weight is 346 g/mol. The maximum atomic E-state index is 12.2. The van der Waals surface area contributed by atoms with Crippen molar-refractivity contribution in [2.45, 2.75) is 26.4 Å². The summed E-state index contributed by atoms with van der Waals surface area (Å²) in [5, 5.41) is 14.8. The van der Waals surface area contributed by atoms with Gasteiger partial charge in [-0.1, -0.05) is 17.3 Å². The molecule has 132 valence electrons. The molecule has 0 radical (unpaired) electrons. The summed E-state index contributed by atoms with van der Waals surface area (Å²) in [7, 11) is 0. The van der Waals surface area contributed by atoms with E-state index in [2.05, 4.69) is 10.1 Å². The van der Waals surface area contributed by atoms with E-state index in [0.717, 1.165) is 0 Å². The number of carbonyl (C=O) groups excluding carboxylic acids is 1. The zero-order valence-corrected chi connectivity index (χ0v) is 13.8. The van der Waals surface area contributed by atoms with Gasteiger partial charge in [0.15, 0.2) is 12.4 Å². The van der Waals surface area contributed by atoms with Gasteiger partial charge in [-0.25, -0.2) is 0 Å². The summed E-state index contributed by atoms with van der Waals surface area (Å²) in [5.41, 5.74) is 0.663. The summed E-state index contributed by atoms with van der Waals surface area (Å²) in [6.45, 7) is 2.77. The lowest BCUT2D eigenvalue weighted by atomic mass is 9.96. The largest absolute Gasteiger partial charge is 0.455 e. The van der Waals surface area contributed by atoms with Crippen LogP contribution in [0.25, 0.3) is 0 Å². The highest BCUT2D eigenvalue weighted by atomic mass is 16.6. The number of nitro groups is 1. The number of piperidine rings is 1. The van der Waals surface area contributed by atoms with Crippen molar-refractivity contribution in [3.05, 3.63) is 46.1 Å². The molecule has 0 saturated carbocycles. The highest BCUT2D eigenvalue weighted by Gasteiger charge is 2.29. The number of ether oxygens (including phenoxy) is 1. The highest BCUT2D eigenvalue weighted by Crippen LogP contribution is 2.31. The Kier molecular flexibility index (Phi) is 4.92. The molecule has 0 unspecified atom stereocenters. The van der Waals surface area contributed by atoms with Crippen LogP contribution in [0.4, 0.5) is 11.4 Å². The Labute approximate surface area is 143 Å². The Morgan fingerprint density at radius 2 is 2.12 bits per heavy atom. The molecule has 0 aliphatic carbocycles. The number of hydrogen-bond donors (Lipinski definition) is 0. The number of nitro benzene ring substituents is 1. The minimum Gasteiger partial charge on any atom is -0.455 e. The minimum absolute atomic E-state index is 0.0377. The SMILES string of the molecule is Cc1noc(COC(=O)C2CCN(c3ccccc3[N+](=O)[O-])CC2)n1. The van der Waals surface area contributed by atoms with Crippen LogP contribution in [0.5, 0.6) is 0 Å². The average Bonchev–Trinajstić information content (AvgIpc) is 3.05. The first-order valence-electron chi connectivity index (χ1n) is 7.99. The topological polar surface area (TPSA) is 112 Å². The normalized spacial score (nSPS) is 15.2. The van der Waals surface area contributed by atoms with Gasteiger partial charge in [-0.15, -0.1) is 0 Å². The lowest BCUT2D eigenvalue weighted by Crippen LogP contribution is -2.37. The summed E-state index contributed by atoms with van der Waals surface area (Å²) in [6, 6.07) is 6.64. The fraction of sp³-hybridized carbons (Fsp3) is 0.438. The molecule has 0 bridgehead atoms. The number of carbonyl (C=O) groups is 1. The van der Waals surface area contributed by atoms with E-state index in [4.69, 9.17) is 9.26 Å². The molecule has 2 aromatic rings. The third-order valence-electron chi connectivity index (χ3n) is 4.15. The molecule has 0 atom stereocenters. The fourth-order valence-electron chi connectivity index (χ4n) is 2.89. The lowest BCUT2D eigenvalue weighted by molar-refractivity contribution is -0.384. The predicted molar refractivity (Wildman–Crippen MR) is 86.9 cm³/mol. The first-order valence-corrected chi connectivity index (χ1v) is 7.99. The van der Waals surface area contributed by atoms with Crippen LogP contribution in [0.1, 0.15) is 24.6 Å². The molecule has 0 spiro atoms. The zero-order chi connectivity index (χ0) is 17.8. The minimum atomic E-state index is -0.387. The predicted octanol–water partition coefficient (Wildman–Crippen LogP) is 2.25. The molecular formula is C16H18N4O5. The summed E-state index contributed by atoms with van der Waals surface area (Å²) in [4.78, 5) is 28.8. The second-order valence-corrected chi connectivity index (χ2v) is 5.85. The molecular weight excluding hydrogens is 328 g/mol. The van der Waals surface area contributed by atoms with Crippen LogP contribution in [-0.4, -0.2) is 34.1 Å². The third-order valence-corrected chi connectivity index (χ3v) is 4.15. The van der Waals surface area contributed by atoms with Crippen LogP contribution < -0.4 is 4.90 Å². The molecule has 1 aliphatic rings. The second kappa shape index (κ2) is 7.29. The molecule has 0 N–H and O–H groups in total. The van der Waals surface area contributed by atoms with Crippen LogP contribution in [0, 0.1) is 23.0 Å². The van der Waals surface area contributed by atoms with Crippen molar-refractivity contribution >= 4 is 17.3 Å². The van der Waals surface area contributed by atoms with Crippen LogP contribution in [-0.2, 0) is 16.1 Å². The molecule has 1 aliphatic heterocycles. The van der Waals surface area contributed by atoms with Crippen LogP contribution in [0.2, 0.25) is 0 Å². The van der Waals surface area contributed by atoms with Gasteiger partial charge < -0.3 is 14.2 Å². The summed E-state index contributed by atoms with van der Waals surface area (Å²) in [5.74, 6) is 0.216. The van der Waals surface area contributed by atoms with Crippen LogP contribution in [0.3, 0.4) is 0 Å². The Bertz CT molecular complexity index is 767. The van der Waals surface area contributed by atoms with Crippen LogP contribution in [0.15, 0.2) is 28.8 Å². The molecule has 2 heterocycles. The Balaban J connectivity index is 1.55. The van der Waals surface area contributed by atoms with E-state index in [9.17, 15) is 14.9 Å². The van der Waals surface area contributed by atoms with E-state index in [-0.39, 0.29) is 35.0 Å². The van der Waals surface area contributed by atoms with E-state index in [1.54, 1.807) is 25.1 Å². The number of anilines is 1. The van der Waals surface area contributed by atoms with E-state index in [1.807, 2.05) is 4.90 Å². The highest BCUT2D eigenvalue weighted by molar-refractivity contribution is 5.73. The molecule has 1 aromatic carbocycles. The van der Waals surface area contributed by atoms with E-state index >= 15 is 0 Å². The van der Waals surface area contributed by atoms with Gasteiger partial charge in [0, 0.05) is 19.2 Å². The van der Waals surface area contributed by atoms with Gasteiger partial charge in [0.1, 0.15) is 5.69 Å². The maximum absolute atomic E-state index is 12.2. The second-order valence-electron chi connectivity index (χ2n) is 5.85. The van der Waals surface area contributed by atoms with E-state index in [0.29, 0.717) is 37.4 Å². The van der Waals surface area contributed by atoms with Gasteiger partial charge in [-0.3, -0.25) is 14.9 Å². The number of benzene rings is 1. The van der Waals surface area contributed by atoms with E-state index in [1.165, 1.54) is 6.07 Å². The lowest BCUT2D eigenvalue weighted by Gasteiger charge is -2.32.